The summed E-state index contributed by atoms with van der Waals surface area (Å²) in [6, 6.07) is 14.6. The number of carbonyl (C=O) groups excluding carboxylic acids is 3. The van der Waals surface area contributed by atoms with Crippen LogP contribution in [0.1, 0.15) is 44.5 Å². The molecule has 2 aromatic carbocycles. The molecule has 0 unspecified atom stereocenters. The molecule has 1 aliphatic heterocycles. The summed E-state index contributed by atoms with van der Waals surface area (Å²) in [5.74, 6) is -0.445. The van der Waals surface area contributed by atoms with Crippen molar-refractivity contribution in [1.82, 2.24) is 9.55 Å². The second-order valence-corrected chi connectivity index (χ2v) is 10.2. The smallest absolute Gasteiger partial charge is 0.348 e. The number of rotatable bonds is 9. The second kappa shape index (κ2) is 11.2. The Kier molecular flexibility index (Phi) is 7.56. The number of hydrogen-bond donors (Lipinski definition) is 0. The van der Waals surface area contributed by atoms with Gasteiger partial charge in [-0.15, -0.1) is 11.3 Å². The highest BCUT2D eigenvalue weighted by Crippen LogP contribution is 2.33. The maximum Gasteiger partial charge on any atom is 0.348 e. The highest BCUT2D eigenvalue weighted by atomic mass is 32.1. The van der Waals surface area contributed by atoms with Crippen LogP contribution in [0.3, 0.4) is 0 Å². The van der Waals surface area contributed by atoms with E-state index in [1.54, 1.807) is 30.0 Å². The van der Waals surface area contributed by atoms with Crippen LogP contribution in [0.2, 0.25) is 0 Å². The molecule has 0 fully saturated rings. The fourth-order valence-corrected chi connectivity index (χ4v) is 5.56. The molecule has 4 aromatic rings. The van der Waals surface area contributed by atoms with Gasteiger partial charge in [-0.2, -0.15) is 0 Å². The lowest BCUT2D eigenvalue weighted by Gasteiger charge is -2.29. The van der Waals surface area contributed by atoms with E-state index < -0.39 is 11.5 Å². The second-order valence-electron chi connectivity index (χ2n) is 9.23. The van der Waals surface area contributed by atoms with Gasteiger partial charge >= 0.3 is 5.97 Å². The molecular formula is C29H27N3O6S. The lowest BCUT2D eigenvalue weighted by atomic mass is 10.1. The molecule has 200 valence electrons. The average molecular weight is 546 g/mol. The predicted octanol–water partition coefficient (Wildman–Crippen LogP) is 4.18. The number of benzene rings is 2. The van der Waals surface area contributed by atoms with Gasteiger partial charge in [0.2, 0.25) is 0 Å². The Bertz CT molecular complexity index is 1630. The van der Waals surface area contributed by atoms with Crippen LogP contribution in [0.4, 0.5) is 5.69 Å². The molecule has 0 saturated heterocycles. The maximum absolute atomic E-state index is 13.3. The van der Waals surface area contributed by atoms with E-state index >= 15 is 0 Å². The first-order chi connectivity index (χ1) is 18.9. The molecule has 0 bridgehead atoms. The van der Waals surface area contributed by atoms with Crippen LogP contribution in [0.25, 0.3) is 10.2 Å². The number of esters is 1. The van der Waals surface area contributed by atoms with E-state index in [-0.39, 0.29) is 31.4 Å². The van der Waals surface area contributed by atoms with Crippen molar-refractivity contribution in [2.45, 2.75) is 33.2 Å². The molecule has 1 aliphatic rings. The number of hydrogen-bond acceptors (Lipinski definition) is 8. The van der Waals surface area contributed by atoms with Crippen LogP contribution in [0.15, 0.2) is 59.7 Å². The van der Waals surface area contributed by atoms with Crippen molar-refractivity contribution in [2.24, 2.45) is 0 Å². The zero-order valence-electron chi connectivity index (χ0n) is 21.6. The third kappa shape index (κ3) is 5.33. The normalized spacial score (nSPS) is 12.8. The summed E-state index contributed by atoms with van der Waals surface area (Å²) in [4.78, 5) is 58.3. The number of Topliss-reactive ketones (excluding diaryl/α,β-unsaturated/α-hetero) is 1. The number of ether oxygens (including phenoxy) is 2. The van der Waals surface area contributed by atoms with E-state index in [0.717, 1.165) is 23.3 Å². The molecule has 0 aliphatic carbocycles. The molecule has 3 heterocycles. The molecule has 2 aromatic heterocycles. The highest BCUT2D eigenvalue weighted by Gasteiger charge is 2.26. The SMILES string of the molecule is CCCN1C(=O)COc2ccc(C(=O)Cn3cnc4sc(C(=O)OCCc5ccccc5)c(C)c4c3=O)cc21. The number of thiophene rings is 1. The van der Waals surface area contributed by atoms with E-state index in [1.165, 1.54) is 10.9 Å². The first-order valence-electron chi connectivity index (χ1n) is 12.7. The first-order valence-corrected chi connectivity index (χ1v) is 13.5. The Morgan fingerprint density at radius 3 is 2.69 bits per heavy atom. The van der Waals surface area contributed by atoms with E-state index in [0.29, 0.717) is 50.6 Å². The van der Waals surface area contributed by atoms with Crippen molar-refractivity contribution >= 4 is 44.9 Å². The van der Waals surface area contributed by atoms with Gasteiger partial charge in [-0.1, -0.05) is 37.3 Å². The Balaban J connectivity index is 1.34. The predicted molar refractivity (Wildman–Crippen MR) is 148 cm³/mol. The fraction of sp³-hybridized carbons (Fsp3) is 0.276. The average Bonchev–Trinajstić information content (AvgIpc) is 3.29. The van der Waals surface area contributed by atoms with Gasteiger partial charge in [-0.3, -0.25) is 19.0 Å². The molecule has 5 rings (SSSR count). The first kappa shape index (κ1) is 26.3. The number of aromatic nitrogens is 2. The summed E-state index contributed by atoms with van der Waals surface area (Å²) in [7, 11) is 0. The lowest BCUT2D eigenvalue weighted by molar-refractivity contribution is -0.121. The number of anilines is 1. The van der Waals surface area contributed by atoms with Crippen molar-refractivity contribution in [2.75, 3.05) is 24.7 Å². The van der Waals surface area contributed by atoms with Gasteiger partial charge in [0.1, 0.15) is 15.5 Å². The summed E-state index contributed by atoms with van der Waals surface area (Å²) in [5, 5.41) is 0.295. The standard InChI is InChI=1S/C29H27N3O6S/c1-3-12-32-21-14-20(9-10-23(21)38-16-24(32)34)22(33)15-31-17-30-27-25(28(31)35)18(2)26(39-27)29(36)37-13-11-19-7-5-4-6-8-19/h4-10,14,17H,3,11-13,15-16H2,1-2H3. The van der Waals surface area contributed by atoms with E-state index in [4.69, 9.17) is 9.47 Å². The molecule has 0 N–H and O–H groups in total. The van der Waals surface area contributed by atoms with E-state index in [1.807, 2.05) is 37.3 Å². The number of carbonyl (C=O) groups is 3. The molecule has 1 amide bonds. The summed E-state index contributed by atoms with van der Waals surface area (Å²) in [6.07, 6.45) is 2.66. The third-order valence-corrected chi connectivity index (χ3v) is 7.73. The molecule has 0 spiro atoms. The van der Waals surface area contributed by atoms with Crippen LogP contribution in [-0.4, -0.2) is 47.0 Å². The Hall–Kier alpha value is -4.31. The number of aryl methyl sites for hydroxylation is 1. The summed E-state index contributed by atoms with van der Waals surface area (Å²) in [5.41, 5.74) is 2.03. The summed E-state index contributed by atoms with van der Waals surface area (Å²) in [6.45, 7) is 4.11. The molecule has 9 nitrogen and oxygen atoms in total. The Morgan fingerprint density at radius 2 is 1.92 bits per heavy atom. The minimum absolute atomic E-state index is 0.0378. The van der Waals surface area contributed by atoms with Gasteiger partial charge in [0.05, 0.1) is 30.6 Å². The third-order valence-electron chi connectivity index (χ3n) is 6.55. The lowest BCUT2D eigenvalue weighted by Crippen LogP contribution is -2.39. The summed E-state index contributed by atoms with van der Waals surface area (Å²) < 4.78 is 12.2. The quantitative estimate of drug-likeness (QED) is 0.229. The summed E-state index contributed by atoms with van der Waals surface area (Å²) >= 11 is 1.10. The zero-order valence-corrected chi connectivity index (χ0v) is 22.5. The van der Waals surface area contributed by atoms with Crippen molar-refractivity contribution < 1.29 is 23.9 Å². The molecule has 39 heavy (non-hydrogen) atoms. The van der Waals surface area contributed by atoms with Gasteiger partial charge in [-0.05, 0) is 42.7 Å². The molecular weight excluding hydrogens is 518 g/mol. The number of fused-ring (bicyclic) bond motifs is 2. The van der Waals surface area contributed by atoms with Gasteiger partial charge in [-0.25, -0.2) is 9.78 Å². The largest absolute Gasteiger partial charge is 0.482 e. The van der Waals surface area contributed by atoms with Crippen LogP contribution in [0.5, 0.6) is 5.75 Å². The van der Waals surface area contributed by atoms with E-state index in [9.17, 15) is 19.2 Å². The van der Waals surface area contributed by atoms with Crippen LogP contribution < -0.4 is 15.2 Å². The molecule has 0 atom stereocenters. The van der Waals surface area contributed by atoms with Gasteiger partial charge in [0.15, 0.2) is 12.4 Å². The Labute approximate surface area is 228 Å². The molecule has 10 heteroatoms. The maximum atomic E-state index is 13.3. The number of amides is 1. The van der Waals surface area contributed by atoms with Crippen molar-refractivity contribution in [3.05, 3.63) is 86.8 Å². The van der Waals surface area contributed by atoms with Gasteiger partial charge in [0, 0.05) is 18.5 Å². The van der Waals surface area contributed by atoms with Gasteiger partial charge < -0.3 is 14.4 Å². The van der Waals surface area contributed by atoms with Crippen molar-refractivity contribution in [3.63, 3.8) is 0 Å². The Morgan fingerprint density at radius 1 is 1.13 bits per heavy atom. The van der Waals surface area contributed by atoms with Gasteiger partial charge in [0.25, 0.3) is 11.5 Å². The fourth-order valence-electron chi connectivity index (χ4n) is 4.53. The number of ketones is 1. The highest BCUT2D eigenvalue weighted by molar-refractivity contribution is 7.20. The zero-order chi connectivity index (χ0) is 27.5. The van der Waals surface area contributed by atoms with Crippen LogP contribution in [-0.2, 0) is 22.5 Å². The van der Waals surface area contributed by atoms with E-state index in [2.05, 4.69) is 4.98 Å². The minimum Gasteiger partial charge on any atom is -0.482 e. The monoisotopic (exact) mass is 545 g/mol. The molecule has 0 saturated carbocycles. The van der Waals surface area contributed by atoms with Crippen LogP contribution in [0, 0.1) is 6.92 Å². The molecule has 0 radical (unpaired) electrons. The van der Waals surface area contributed by atoms with Crippen molar-refractivity contribution in [3.8, 4) is 5.75 Å². The number of nitrogens with zero attached hydrogens (tertiary/aromatic N) is 3. The van der Waals surface area contributed by atoms with Crippen LogP contribution >= 0.6 is 11.3 Å². The topological polar surface area (TPSA) is 108 Å². The van der Waals surface area contributed by atoms with Crippen molar-refractivity contribution in [1.29, 1.82) is 0 Å². The minimum atomic E-state index is -0.504.